The number of fused-ring (bicyclic) bond motifs is 1. The van der Waals surface area contributed by atoms with Crippen molar-refractivity contribution in [2.75, 3.05) is 17.2 Å². The molecule has 4 N–H and O–H groups in total. The van der Waals surface area contributed by atoms with E-state index in [0.717, 1.165) is 0 Å². The number of esters is 1. The molecule has 0 spiro atoms. The number of hydrogen-bond acceptors (Lipinski definition) is 7. The van der Waals surface area contributed by atoms with Crippen LogP contribution in [0.4, 0.5) is 11.4 Å². The monoisotopic (exact) mass is 434 g/mol. The highest BCUT2D eigenvalue weighted by molar-refractivity contribution is 7.89. The Balaban J connectivity index is 1.81. The van der Waals surface area contributed by atoms with E-state index in [4.69, 9.17) is 22.1 Å². The van der Waals surface area contributed by atoms with Crippen LogP contribution in [0, 0.1) is 6.92 Å². The largest absolute Gasteiger partial charge is 0.462 e. The van der Waals surface area contributed by atoms with Gasteiger partial charge in [0.05, 0.1) is 29.0 Å². The van der Waals surface area contributed by atoms with E-state index >= 15 is 0 Å². The lowest BCUT2D eigenvalue weighted by Crippen LogP contribution is -2.20. The van der Waals surface area contributed by atoms with Crippen molar-refractivity contribution in [3.05, 3.63) is 47.9 Å². The van der Waals surface area contributed by atoms with Gasteiger partial charge in [0.25, 0.3) is 0 Å². The van der Waals surface area contributed by atoms with Crippen LogP contribution in [-0.4, -0.2) is 40.7 Å². The smallest absolute Gasteiger partial charge is 0.341 e. The first kappa shape index (κ1) is 20.6. The summed E-state index contributed by atoms with van der Waals surface area (Å²) in [6.07, 6.45) is 2.93. The van der Waals surface area contributed by atoms with Gasteiger partial charge in [-0.2, -0.15) is 5.10 Å². The molecule has 0 aliphatic rings. The minimum atomic E-state index is -3.82. The van der Waals surface area contributed by atoms with E-state index in [1.54, 1.807) is 26.0 Å². The third kappa shape index (κ3) is 4.50. The molecule has 0 bridgehead atoms. The van der Waals surface area contributed by atoms with Gasteiger partial charge in [0.15, 0.2) is 10.8 Å². The predicted molar refractivity (Wildman–Crippen MR) is 111 cm³/mol. The van der Waals surface area contributed by atoms with Gasteiger partial charge in [0.2, 0.25) is 10.0 Å². The fourth-order valence-electron chi connectivity index (χ4n) is 2.58. The number of hydrogen-bond donors (Lipinski definition) is 3. The Morgan fingerprint density at radius 3 is 2.76 bits per heavy atom. The van der Waals surface area contributed by atoms with Crippen molar-refractivity contribution in [2.45, 2.75) is 18.7 Å². The van der Waals surface area contributed by atoms with Crippen LogP contribution in [-0.2, 0) is 14.8 Å². The quantitative estimate of drug-likeness (QED) is 0.404. The zero-order chi connectivity index (χ0) is 21.2. The molecule has 0 saturated heterocycles. The van der Waals surface area contributed by atoms with Crippen LogP contribution in [0.3, 0.4) is 0 Å². The van der Waals surface area contributed by atoms with E-state index in [2.05, 4.69) is 20.7 Å². The van der Waals surface area contributed by atoms with Gasteiger partial charge in [0.1, 0.15) is 5.69 Å². The van der Waals surface area contributed by atoms with Gasteiger partial charge in [0, 0.05) is 11.9 Å². The molecule has 29 heavy (non-hydrogen) atoms. The van der Waals surface area contributed by atoms with Crippen molar-refractivity contribution in [1.29, 1.82) is 0 Å². The summed E-state index contributed by atoms with van der Waals surface area (Å²) in [4.78, 5) is 16.2. The van der Waals surface area contributed by atoms with E-state index in [-0.39, 0.29) is 16.6 Å². The Bertz CT molecular complexity index is 1210. The number of benzene rings is 1. The Labute approximate surface area is 172 Å². The molecule has 10 nitrogen and oxygen atoms in total. The third-order valence-electron chi connectivity index (χ3n) is 3.93. The summed E-state index contributed by atoms with van der Waals surface area (Å²) in [6, 6.07) is 5.94. The topological polar surface area (TPSA) is 141 Å². The Hall–Kier alpha value is -3.09. The number of rotatable bonds is 5. The summed E-state index contributed by atoms with van der Waals surface area (Å²) < 4.78 is 29.5. The average Bonchev–Trinajstić information content (AvgIpc) is 3.05. The number of carbonyl (C=O) groups excluding carboxylic acids is 1. The Morgan fingerprint density at radius 1 is 1.31 bits per heavy atom. The van der Waals surface area contributed by atoms with Crippen molar-refractivity contribution < 1.29 is 17.9 Å². The molecule has 0 unspecified atom stereocenters. The number of anilines is 2. The molecule has 152 valence electrons. The summed E-state index contributed by atoms with van der Waals surface area (Å²) in [5.41, 5.74) is 2.29. The molecule has 0 aliphatic heterocycles. The minimum Gasteiger partial charge on any atom is -0.462 e. The number of aryl methyl sites for hydroxylation is 1. The molecule has 0 fully saturated rings. The van der Waals surface area contributed by atoms with Crippen molar-refractivity contribution in [3.63, 3.8) is 0 Å². The number of nitrogens with two attached hydrogens (primary N) is 1. The summed E-state index contributed by atoms with van der Waals surface area (Å²) in [5.74, 6) is -0.476. The average molecular weight is 435 g/mol. The highest BCUT2D eigenvalue weighted by Gasteiger charge is 2.17. The Morgan fingerprint density at radius 2 is 2.07 bits per heavy atom. The highest BCUT2D eigenvalue weighted by atomic mass is 32.2. The molecule has 0 amide bonds. The number of aromatic nitrogens is 3. The second-order valence-corrected chi connectivity index (χ2v) is 7.89. The van der Waals surface area contributed by atoms with Crippen LogP contribution in [0.15, 0.2) is 41.6 Å². The number of nitrogens with one attached hydrogen (secondary N) is 2. The van der Waals surface area contributed by atoms with Crippen LogP contribution in [0.2, 0.25) is 0 Å². The van der Waals surface area contributed by atoms with Crippen molar-refractivity contribution in [2.24, 2.45) is 5.14 Å². The van der Waals surface area contributed by atoms with Gasteiger partial charge < -0.3 is 15.4 Å². The number of primary sulfonamides is 1. The summed E-state index contributed by atoms with van der Waals surface area (Å²) >= 11 is 5.28. The second kappa shape index (κ2) is 8.11. The maximum absolute atomic E-state index is 12.0. The normalized spacial score (nSPS) is 11.3. The first-order valence-electron chi connectivity index (χ1n) is 8.42. The fraction of sp³-hybridized carbons (Fsp3) is 0.176. The van der Waals surface area contributed by atoms with Crippen LogP contribution >= 0.6 is 12.2 Å². The van der Waals surface area contributed by atoms with Crippen molar-refractivity contribution in [1.82, 2.24) is 14.6 Å². The number of thiocarbonyl (C=S) groups is 1. The molecule has 0 radical (unpaired) electrons. The van der Waals surface area contributed by atoms with Gasteiger partial charge in [-0.25, -0.2) is 27.9 Å². The van der Waals surface area contributed by atoms with Crippen LogP contribution in [0.25, 0.3) is 5.65 Å². The lowest BCUT2D eigenvalue weighted by Gasteiger charge is -2.11. The number of nitrogens with zero attached hydrogens (tertiary/aromatic N) is 3. The van der Waals surface area contributed by atoms with E-state index in [9.17, 15) is 13.2 Å². The van der Waals surface area contributed by atoms with E-state index in [0.29, 0.717) is 28.3 Å². The second-order valence-electron chi connectivity index (χ2n) is 5.92. The SMILES string of the molecule is CCOC(=O)c1cnc2c(NC(=S)Nc3cccc(S(N)(=O)=O)c3)cnn2c1C. The van der Waals surface area contributed by atoms with Crippen LogP contribution in [0.5, 0.6) is 0 Å². The number of sulfonamides is 1. The van der Waals surface area contributed by atoms with Crippen molar-refractivity contribution >= 4 is 50.3 Å². The third-order valence-corrected chi connectivity index (χ3v) is 5.05. The molecular formula is C17H18N6O4S2. The highest BCUT2D eigenvalue weighted by Crippen LogP contribution is 2.19. The van der Waals surface area contributed by atoms with Crippen LogP contribution < -0.4 is 15.8 Å². The Kier molecular flexibility index (Phi) is 5.77. The van der Waals surface area contributed by atoms with Crippen LogP contribution in [0.1, 0.15) is 23.0 Å². The zero-order valence-electron chi connectivity index (χ0n) is 15.5. The number of carbonyl (C=O) groups is 1. The molecular weight excluding hydrogens is 416 g/mol. The van der Waals surface area contributed by atoms with Gasteiger partial charge in [-0.15, -0.1) is 0 Å². The summed E-state index contributed by atoms with van der Waals surface area (Å²) in [6.45, 7) is 3.71. The molecule has 2 heterocycles. The molecule has 0 aliphatic carbocycles. The molecule has 2 aromatic heterocycles. The standard InChI is InChI=1S/C17H18N6O4S2/c1-3-27-16(24)13-8-19-15-14(9-20-23(15)10(13)2)22-17(28)21-11-5-4-6-12(7-11)29(18,25)26/h4-9H,3H2,1-2H3,(H2,18,25,26)(H2,21,22,28). The van der Waals surface area contributed by atoms with Crippen molar-refractivity contribution in [3.8, 4) is 0 Å². The van der Waals surface area contributed by atoms with Gasteiger partial charge >= 0.3 is 5.97 Å². The number of ether oxygens (including phenoxy) is 1. The first-order chi connectivity index (χ1) is 13.7. The first-order valence-corrected chi connectivity index (χ1v) is 10.4. The molecule has 1 aromatic carbocycles. The summed E-state index contributed by atoms with van der Waals surface area (Å²) in [7, 11) is -3.82. The lowest BCUT2D eigenvalue weighted by molar-refractivity contribution is 0.0524. The molecule has 0 saturated carbocycles. The summed E-state index contributed by atoms with van der Waals surface area (Å²) in [5, 5.41) is 15.4. The zero-order valence-corrected chi connectivity index (χ0v) is 17.2. The molecule has 12 heteroatoms. The molecule has 3 rings (SSSR count). The maximum atomic E-state index is 12.0. The van der Waals surface area contributed by atoms with E-state index < -0.39 is 16.0 Å². The van der Waals surface area contributed by atoms with Gasteiger partial charge in [-0.05, 0) is 44.3 Å². The minimum absolute atomic E-state index is 0.0370. The predicted octanol–water partition coefficient (Wildman–Crippen LogP) is 1.67. The molecule has 3 aromatic rings. The van der Waals surface area contributed by atoms with E-state index in [1.165, 1.54) is 29.0 Å². The van der Waals surface area contributed by atoms with Gasteiger partial charge in [-0.1, -0.05) is 6.07 Å². The van der Waals surface area contributed by atoms with Gasteiger partial charge in [-0.3, -0.25) is 0 Å². The lowest BCUT2D eigenvalue weighted by atomic mass is 10.2. The maximum Gasteiger partial charge on any atom is 0.341 e. The fourth-order valence-corrected chi connectivity index (χ4v) is 3.37. The van der Waals surface area contributed by atoms with E-state index in [1.807, 2.05) is 0 Å². The molecule has 0 atom stereocenters.